The van der Waals surface area contributed by atoms with E-state index in [1.165, 1.54) is 0 Å². The number of ketones is 1. The Hall–Kier alpha value is -3.21. The van der Waals surface area contributed by atoms with Gasteiger partial charge in [0.05, 0.1) is 0 Å². The quantitative estimate of drug-likeness (QED) is 0.784. The zero-order valence-corrected chi connectivity index (χ0v) is 17.4. The second-order valence-corrected chi connectivity index (χ2v) is 8.90. The lowest BCUT2D eigenvalue weighted by molar-refractivity contribution is -0.145. The van der Waals surface area contributed by atoms with Crippen molar-refractivity contribution >= 4 is 17.7 Å². The lowest BCUT2D eigenvalue weighted by Crippen LogP contribution is -2.51. The van der Waals surface area contributed by atoms with Crippen LogP contribution in [0.25, 0.3) is 0 Å². The minimum atomic E-state index is -0.968. The molecule has 2 aromatic carbocycles. The number of esters is 1. The van der Waals surface area contributed by atoms with Gasteiger partial charge in [0.15, 0.2) is 5.78 Å². The van der Waals surface area contributed by atoms with Crippen molar-refractivity contribution < 1.29 is 19.1 Å². The maximum Gasteiger partial charge on any atom is 0.334 e. The summed E-state index contributed by atoms with van der Waals surface area (Å²) < 4.78 is 5.63. The number of aryl methyl sites for hydroxylation is 1. The largest absolute Gasteiger partial charge is 0.429 e. The van der Waals surface area contributed by atoms with E-state index < -0.39 is 17.9 Å². The highest BCUT2D eigenvalue weighted by atomic mass is 16.5. The first-order valence-electron chi connectivity index (χ1n) is 10.2. The average Bonchev–Trinajstić information content (AvgIpc) is 2.69. The Morgan fingerprint density at radius 3 is 2.33 bits per heavy atom. The van der Waals surface area contributed by atoms with E-state index >= 15 is 0 Å². The highest BCUT2D eigenvalue weighted by molar-refractivity contribution is 6.03. The molecule has 2 unspecified atom stereocenters. The monoisotopic (exact) mass is 403 g/mol. The van der Waals surface area contributed by atoms with Crippen LogP contribution in [-0.4, -0.2) is 23.7 Å². The molecule has 2 atom stereocenters. The molecule has 0 radical (unpaired) electrons. The van der Waals surface area contributed by atoms with Gasteiger partial charge in [-0.3, -0.25) is 9.59 Å². The molecule has 2 aliphatic rings. The maximum absolute atomic E-state index is 13.1. The van der Waals surface area contributed by atoms with Crippen LogP contribution in [0.2, 0.25) is 0 Å². The van der Waals surface area contributed by atoms with E-state index in [-0.39, 0.29) is 17.1 Å². The van der Waals surface area contributed by atoms with E-state index in [1.54, 1.807) is 24.3 Å². The van der Waals surface area contributed by atoms with Gasteiger partial charge in [-0.15, -0.1) is 0 Å². The zero-order chi connectivity index (χ0) is 21.5. The number of benzene rings is 2. The fourth-order valence-electron chi connectivity index (χ4n) is 4.29. The molecule has 1 heterocycles. The Bertz CT molecular complexity index is 1030. The maximum atomic E-state index is 13.1. The van der Waals surface area contributed by atoms with E-state index in [1.807, 2.05) is 51.1 Å². The Morgan fingerprint density at radius 2 is 1.67 bits per heavy atom. The van der Waals surface area contributed by atoms with E-state index in [4.69, 9.17) is 4.74 Å². The van der Waals surface area contributed by atoms with Gasteiger partial charge in [0.1, 0.15) is 11.8 Å². The SMILES string of the molecule is Cc1ccc(C2C3=C(CC(C)(C)CC3=O)OC(=O)C2NC(=O)c2ccccc2)cc1. The average molecular weight is 403 g/mol. The molecule has 5 heteroatoms. The Morgan fingerprint density at radius 1 is 1.00 bits per heavy atom. The first kappa shape index (κ1) is 20.1. The van der Waals surface area contributed by atoms with Crippen molar-refractivity contribution in [3.8, 4) is 0 Å². The number of amides is 1. The number of allylic oxidation sites excluding steroid dienone is 1. The summed E-state index contributed by atoms with van der Waals surface area (Å²) in [6, 6.07) is 15.5. The molecule has 0 fully saturated rings. The topological polar surface area (TPSA) is 72.5 Å². The molecule has 0 saturated carbocycles. The number of Topliss-reactive ketones (excluding diaryl/α,β-unsaturated/α-hetero) is 1. The molecule has 0 aromatic heterocycles. The van der Waals surface area contributed by atoms with Crippen LogP contribution >= 0.6 is 0 Å². The van der Waals surface area contributed by atoms with Crippen LogP contribution in [0.15, 0.2) is 65.9 Å². The fraction of sp³-hybridized carbons (Fsp3) is 0.320. The third-order valence-corrected chi connectivity index (χ3v) is 5.76. The van der Waals surface area contributed by atoms with Crippen LogP contribution in [0.5, 0.6) is 0 Å². The van der Waals surface area contributed by atoms with Crippen LogP contribution in [0.3, 0.4) is 0 Å². The predicted molar refractivity (Wildman–Crippen MR) is 113 cm³/mol. The van der Waals surface area contributed by atoms with Crippen LogP contribution in [0.1, 0.15) is 54.1 Å². The molecule has 1 aliphatic heterocycles. The number of nitrogens with one attached hydrogen (secondary N) is 1. The molecule has 154 valence electrons. The summed E-state index contributed by atoms with van der Waals surface area (Å²) in [6.45, 7) is 5.96. The summed E-state index contributed by atoms with van der Waals surface area (Å²) in [5.74, 6) is -1.06. The number of rotatable bonds is 3. The molecule has 0 saturated heterocycles. The third-order valence-electron chi connectivity index (χ3n) is 5.76. The smallest absolute Gasteiger partial charge is 0.334 e. The molecule has 4 rings (SSSR count). The van der Waals surface area contributed by atoms with E-state index in [9.17, 15) is 14.4 Å². The molecule has 5 nitrogen and oxygen atoms in total. The predicted octanol–water partition coefficient (Wildman–Crippen LogP) is 4.08. The lowest BCUT2D eigenvalue weighted by atomic mass is 9.70. The van der Waals surface area contributed by atoms with Gasteiger partial charge in [0.2, 0.25) is 0 Å². The number of carbonyl (C=O) groups is 3. The summed E-state index contributed by atoms with van der Waals surface area (Å²) in [6.07, 6.45) is 0.895. The molecular formula is C25H25NO4. The van der Waals surface area contributed by atoms with Crippen molar-refractivity contribution in [3.05, 3.63) is 82.6 Å². The highest BCUT2D eigenvalue weighted by Gasteiger charge is 2.47. The minimum Gasteiger partial charge on any atom is -0.429 e. The molecule has 1 amide bonds. The van der Waals surface area contributed by atoms with Crippen molar-refractivity contribution in [2.75, 3.05) is 0 Å². The summed E-state index contributed by atoms with van der Waals surface area (Å²) in [4.78, 5) is 39.0. The standard InChI is InChI=1S/C25H25NO4/c1-15-9-11-16(12-10-15)20-21-18(27)13-25(2,3)14-19(21)30-24(29)22(20)26-23(28)17-7-5-4-6-8-17/h4-12,20,22H,13-14H2,1-3H3,(H,26,28). The van der Waals surface area contributed by atoms with Crippen molar-refractivity contribution in [2.24, 2.45) is 5.41 Å². The van der Waals surface area contributed by atoms with Gasteiger partial charge < -0.3 is 10.1 Å². The zero-order valence-electron chi connectivity index (χ0n) is 17.4. The van der Waals surface area contributed by atoms with Crippen molar-refractivity contribution in [1.82, 2.24) is 5.32 Å². The van der Waals surface area contributed by atoms with Crippen LogP contribution < -0.4 is 5.32 Å². The van der Waals surface area contributed by atoms with Crippen molar-refractivity contribution in [3.63, 3.8) is 0 Å². The normalized spacial score (nSPS) is 22.9. The van der Waals surface area contributed by atoms with Gasteiger partial charge in [0.25, 0.3) is 5.91 Å². The number of hydrogen-bond acceptors (Lipinski definition) is 4. The second kappa shape index (κ2) is 7.56. The molecular weight excluding hydrogens is 378 g/mol. The summed E-state index contributed by atoms with van der Waals surface area (Å²) in [5.41, 5.74) is 2.58. The van der Waals surface area contributed by atoms with Crippen molar-refractivity contribution in [1.29, 1.82) is 0 Å². The molecule has 30 heavy (non-hydrogen) atoms. The van der Waals surface area contributed by atoms with Gasteiger partial charge in [-0.05, 0) is 30.0 Å². The van der Waals surface area contributed by atoms with Crippen LogP contribution in [0.4, 0.5) is 0 Å². The number of ether oxygens (including phenoxy) is 1. The van der Waals surface area contributed by atoms with Crippen LogP contribution in [-0.2, 0) is 14.3 Å². The molecule has 0 bridgehead atoms. The molecule has 2 aromatic rings. The van der Waals surface area contributed by atoms with E-state index in [0.29, 0.717) is 29.7 Å². The van der Waals surface area contributed by atoms with Gasteiger partial charge in [-0.25, -0.2) is 4.79 Å². The number of carbonyl (C=O) groups excluding carboxylic acids is 3. The molecule has 1 N–H and O–H groups in total. The first-order valence-corrected chi connectivity index (χ1v) is 10.2. The number of hydrogen-bond donors (Lipinski definition) is 1. The van der Waals surface area contributed by atoms with E-state index in [0.717, 1.165) is 11.1 Å². The van der Waals surface area contributed by atoms with Gasteiger partial charge >= 0.3 is 5.97 Å². The van der Waals surface area contributed by atoms with Gasteiger partial charge in [0, 0.05) is 29.9 Å². The van der Waals surface area contributed by atoms with Crippen LogP contribution in [0, 0.1) is 12.3 Å². The lowest BCUT2D eigenvalue weighted by Gasteiger charge is -2.40. The minimum absolute atomic E-state index is 0.0294. The second-order valence-electron chi connectivity index (χ2n) is 8.90. The Balaban J connectivity index is 1.78. The first-order chi connectivity index (χ1) is 14.2. The molecule has 0 spiro atoms. The fourth-order valence-corrected chi connectivity index (χ4v) is 4.29. The Labute approximate surface area is 176 Å². The Kier molecular flexibility index (Phi) is 5.06. The molecule has 1 aliphatic carbocycles. The van der Waals surface area contributed by atoms with Crippen molar-refractivity contribution in [2.45, 2.75) is 45.6 Å². The summed E-state index contributed by atoms with van der Waals surface area (Å²) in [5, 5.41) is 2.82. The van der Waals surface area contributed by atoms with E-state index in [2.05, 4.69) is 5.32 Å². The summed E-state index contributed by atoms with van der Waals surface area (Å²) >= 11 is 0. The summed E-state index contributed by atoms with van der Waals surface area (Å²) in [7, 11) is 0. The van der Waals surface area contributed by atoms with Gasteiger partial charge in [-0.2, -0.15) is 0 Å². The highest BCUT2D eigenvalue weighted by Crippen LogP contribution is 2.46. The van der Waals surface area contributed by atoms with Gasteiger partial charge in [-0.1, -0.05) is 61.9 Å². The third kappa shape index (κ3) is 3.80.